The van der Waals surface area contributed by atoms with E-state index in [-0.39, 0.29) is 5.43 Å². The van der Waals surface area contributed by atoms with Crippen molar-refractivity contribution in [2.75, 3.05) is 14.1 Å². The van der Waals surface area contributed by atoms with E-state index < -0.39 is 0 Å². The molecule has 0 atom stereocenters. The summed E-state index contributed by atoms with van der Waals surface area (Å²) >= 11 is 6.09. The molecule has 96 valence electrons. The number of hydrogen-bond acceptors (Lipinski definition) is 1. The number of rotatable bonds is 2. The lowest BCUT2D eigenvalue weighted by Crippen LogP contribution is -3.04. The molecule has 0 aliphatic rings. The molecule has 0 aliphatic carbocycles. The molecule has 18 heavy (non-hydrogen) atoms. The summed E-state index contributed by atoms with van der Waals surface area (Å²) in [6.45, 7) is 4.59. The fraction of sp³-hybridized carbons (Fsp3) is 0.357. The van der Waals surface area contributed by atoms with Gasteiger partial charge in [-0.05, 0) is 31.5 Å². The molecule has 1 aromatic carbocycles. The van der Waals surface area contributed by atoms with Crippen LogP contribution in [0.1, 0.15) is 16.8 Å². The smallest absolute Gasteiger partial charge is 0.198 e. The first kappa shape index (κ1) is 13.1. The first-order valence-electron chi connectivity index (χ1n) is 6.01. The third-order valence-corrected chi connectivity index (χ3v) is 3.62. The van der Waals surface area contributed by atoms with Crippen molar-refractivity contribution in [1.29, 1.82) is 0 Å². The molecule has 0 aliphatic heterocycles. The Bertz CT molecular complexity index is 659. The van der Waals surface area contributed by atoms with Gasteiger partial charge in [-0.25, -0.2) is 0 Å². The zero-order valence-corrected chi connectivity index (χ0v) is 11.9. The fourth-order valence-electron chi connectivity index (χ4n) is 2.20. The first-order chi connectivity index (χ1) is 8.41. The second-order valence-corrected chi connectivity index (χ2v) is 5.44. The van der Waals surface area contributed by atoms with Gasteiger partial charge in [0.25, 0.3) is 0 Å². The highest BCUT2D eigenvalue weighted by atomic mass is 35.5. The second-order valence-electron chi connectivity index (χ2n) is 5.04. The minimum atomic E-state index is 0.113. The normalized spacial score (nSPS) is 11.4. The lowest BCUT2D eigenvalue weighted by atomic mass is 10.1. The fourth-order valence-corrected chi connectivity index (χ4v) is 2.36. The molecule has 2 rings (SSSR count). The molecule has 2 aromatic rings. The second kappa shape index (κ2) is 4.75. The van der Waals surface area contributed by atoms with Crippen LogP contribution in [-0.4, -0.2) is 19.1 Å². The maximum absolute atomic E-state index is 12.5. The van der Waals surface area contributed by atoms with Gasteiger partial charge in [-0.15, -0.1) is 0 Å². The monoisotopic (exact) mass is 265 g/mol. The Hall–Kier alpha value is -1.32. The molecule has 1 aromatic heterocycles. The number of aromatic nitrogens is 1. The molecule has 0 spiro atoms. The van der Waals surface area contributed by atoms with Gasteiger partial charge in [-0.2, -0.15) is 0 Å². The van der Waals surface area contributed by atoms with Gasteiger partial charge < -0.3 is 9.88 Å². The van der Waals surface area contributed by atoms with Crippen LogP contribution in [0.5, 0.6) is 0 Å². The van der Waals surface area contributed by atoms with E-state index in [1.54, 1.807) is 12.1 Å². The summed E-state index contributed by atoms with van der Waals surface area (Å²) in [4.78, 5) is 17.0. The molecule has 0 saturated heterocycles. The largest absolute Gasteiger partial charge is 0.358 e. The van der Waals surface area contributed by atoms with Gasteiger partial charge in [0.05, 0.1) is 25.2 Å². The summed E-state index contributed by atoms with van der Waals surface area (Å²) < 4.78 is 0. The van der Waals surface area contributed by atoms with Crippen LogP contribution in [0, 0.1) is 13.8 Å². The van der Waals surface area contributed by atoms with Crippen LogP contribution < -0.4 is 10.3 Å². The topological polar surface area (TPSA) is 37.3 Å². The molecule has 4 heteroatoms. The predicted octanol–water partition coefficient (Wildman–Crippen LogP) is 1.44. The number of aromatic amines is 1. The number of hydrogen-bond donors (Lipinski definition) is 2. The number of quaternary nitrogens is 1. The molecule has 0 radical (unpaired) electrons. The lowest BCUT2D eigenvalue weighted by molar-refractivity contribution is -0.872. The molecule has 0 fully saturated rings. The van der Waals surface area contributed by atoms with Crippen molar-refractivity contribution in [3.8, 4) is 0 Å². The van der Waals surface area contributed by atoms with Gasteiger partial charge in [0.1, 0.15) is 6.54 Å². The number of benzene rings is 1. The van der Waals surface area contributed by atoms with Crippen LogP contribution >= 0.6 is 11.6 Å². The predicted molar refractivity (Wildman–Crippen MR) is 75.6 cm³/mol. The van der Waals surface area contributed by atoms with Crippen molar-refractivity contribution in [2.45, 2.75) is 20.4 Å². The molecule has 2 N–H and O–H groups in total. The summed E-state index contributed by atoms with van der Waals surface area (Å²) in [5.74, 6) is 0. The molecule has 0 saturated carbocycles. The molecule has 3 nitrogen and oxygen atoms in total. The lowest BCUT2D eigenvalue weighted by Gasteiger charge is -2.12. The molecule has 0 bridgehead atoms. The van der Waals surface area contributed by atoms with Gasteiger partial charge in [-0.1, -0.05) is 11.6 Å². The number of fused-ring (bicyclic) bond motifs is 1. The Balaban J connectivity index is 2.80. The van der Waals surface area contributed by atoms with Crippen LogP contribution in [0.25, 0.3) is 10.9 Å². The van der Waals surface area contributed by atoms with E-state index in [9.17, 15) is 4.79 Å². The highest BCUT2D eigenvalue weighted by molar-refractivity contribution is 6.32. The molecule has 1 heterocycles. The van der Waals surface area contributed by atoms with Crippen molar-refractivity contribution in [3.63, 3.8) is 0 Å². The van der Waals surface area contributed by atoms with Crippen LogP contribution in [0.2, 0.25) is 5.02 Å². The van der Waals surface area contributed by atoms with Crippen molar-refractivity contribution >= 4 is 22.5 Å². The Morgan fingerprint density at radius 1 is 1.28 bits per heavy atom. The number of nitrogens with one attached hydrogen (secondary N) is 2. The SMILES string of the molecule is Cc1[nH]c2c(C)c(Cl)ccc2c(=O)c1C[NH+](C)C. The van der Waals surface area contributed by atoms with Crippen LogP contribution in [0.4, 0.5) is 0 Å². The van der Waals surface area contributed by atoms with E-state index in [2.05, 4.69) is 4.98 Å². The average Bonchev–Trinajstić information content (AvgIpc) is 2.29. The number of halogens is 1. The number of aryl methyl sites for hydroxylation is 2. The molecular weight excluding hydrogens is 248 g/mol. The summed E-state index contributed by atoms with van der Waals surface area (Å²) in [5, 5.41) is 1.40. The zero-order chi connectivity index (χ0) is 13.4. The molecule has 0 amide bonds. The third kappa shape index (κ3) is 2.16. The van der Waals surface area contributed by atoms with E-state index in [1.807, 2.05) is 27.9 Å². The summed E-state index contributed by atoms with van der Waals surface area (Å²) in [6.07, 6.45) is 0. The van der Waals surface area contributed by atoms with E-state index in [1.165, 1.54) is 4.90 Å². The van der Waals surface area contributed by atoms with E-state index >= 15 is 0 Å². The Labute approximate surface area is 111 Å². The van der Waals surface area contributed by atoms with E-state index in [4.69, 9.17) is 11.6 Å². The van der Waals surface area contributed by atoms with Crippen molar-refractivity contribution in [2.24, 2.45) is 0 Å². The maximum atomic E-state index is 12.5. The van der Waals surface area contributed by atoms with Gasteiger partial charge in [-0.3, -0.25) is 4.79 Å². The van der Waals surface area contributed by atoms with Crippen molar-refractivity contribution < 1.29 is 4.90 Å². The van der Waals surface area contributed by atoms with Crippen LogP contribution in [-0.2, 0) is 6.54 Å². The summed E-state index contributed by atoms with van der Waals surface area (Å²) in [6, 6.07) is 3.59. The van der Waals surface area contributed by atoms with Crippen LogP contribution in [0.15, 0.2) is 16.9 Å². The molecule has 0 unspecified atom stereocenters. The average molecular weight is 266 g/mol. The summed E-state index contributed by atoms with van der Waals surface area (Å²) in [5.41, 5.74) is 3.67. The Kier molecular flexibility index (Phi) is 3.46. The summed E-state index contributed by atoms with van der Waals surface area (Å²) in [7, 11) is 4.08. The van der Waals surface area contributed by atoms with E-state index in [0.717, 1.165) is 34.3 Å². The quantitative estimate of drug-likeness (QED) is 0.847. The Morgan fingerprint density at radius 2 is 1.94 bits per heavy atom. The standard InChI is InChI=1S/C14H17ClN2O/c1-8-12(15)6-5-10-13(8)16-9(2)11(14(10)18)7-17(3)4/h5-6H,7H2,1-4H3,(H,16,18)/p+1. The third-order valence-electron chi connectivity index (χ3n) is 3.21. The number of pyridine rings is 1. The number of H-pyrrole nitrogens is 1. The minimum absolute atomic E-state index is 0.113. The first-order valence-corrected chi connectivity index (χ1v) is 6.39. The van der Waals surface area contributed by atoms with Crippen LogP contribution in [0.3, 0.4) is 0 Å². The van der Waals surface area contributed by atoms with Crippen molar-refractivity contribution in [3.05, 3.63) is 44.2 Å². The van der Waals surface area contributed by atoms with E-state index in [0.29, 0.717) is 5.02 Å². The Morgan fingerprint density at radius 3 is 2.56 bits per heavy atom. The maximum Gasteiger partial charge on any atom is 0.198 e. The van der Waals surface area contributed by atoms with Gasteiger partial charge >= 0.3 is 0 Å². The van der Waals surface area contributed by atoms with Gasteiger partial charge in [0.2, 0.25) is 0 Å². The molecular formula is C14H18ClN2O+. The van der Waals surface area contributed by atoms with Gasteiger partial charge in [0, 0.05) is 16.1 Å². The highest BCUT2D eigenvalue weighted by Gasteiger charge is 2.13. The highest BCUT2D eigenvalue weighted by Crippen LogP contribution is 2.22. The van der Waals surface area contributed by atoms with Crippen molar-refractivity contribution in [1.82, 2.24) is 4.98 Å². The zero-order valence-electron chi connectivity index (χ0n) is 11.1. The van der Waals surface area contributed by atoms with Gasteiger partial charge in [0.15, 0.2) is 5.43 Å². The minimum Gasteiger partial charge on any atom is -0.358 e.